The number of hydrogen-bond acceptors (Lipinski definition) is 7. The summed E-state index contributed by atoms with van der Waals surface area (Å²) in [5.74, 6) is 0.908. The number of carbonyl (C=O) groups excluding carboxylic acids is 2. The van der Waals surface area contributed by atoms with Crippen LogP contribution in [-0.2, 0) is 16.1 Å². The molecule has 152 valence electrons. The van der Waals surface area contributed by atoms with Crippen molar-refractivity contribution in [1.82, 2.24) is 14.8 Å². The van der Waals surface area contributed by atoms with Crippen LogP contribution in [0.5, 0.6) is 0 Å². The summed E-state index contributed by atoms with van der Waals surface area (Å²) in [5.41, 5.74) is 1.05. The molecule has 1 amide bonds. The van der Waals surface area contributed by atoms with Crippen LogP contribution in [0.1, 0.15) is 30.6 Å². The van der Waals surface area contributed by atoms with Crippen molar-refractivity contribution >= 4 is 29.3 Å². The Bertz CT molecular complexity index is 952. The van der Waals surface area contributed by atoms with E-state index in [1.807, 2.05) is 10.6 Å². The zero-order valence-electron chi connectivity index (χ0n) is 16.3. The van der Waals surface area contributed by atoms with E-state index >= 15 is 0 Å². The van der Waals surface area contributed by atoms with Crippen LogP contribution in [0.3, 0.4) is 0 Å². The fourth-order valence-electron chi connectivity index (χ4n) is 2.64. The first-order chi connectivity index (χ1) is 14.1. The van der Waals surface area contributed by atoms with Gasteiger partial charge in [0.25, 0.3) is 0 Å². The summed E-state index contributed by atoms with van der Waals surface area (Å²) in [6.45, 7) is 4.86. The normalized spacial score (nSPS) is 10.7. The monoisotopic (exact) mass is 414 g/mol. The molecule has 2 aromatic heterocycles. The number of amides is 1. The third-order valence-corrected chi connectivity index (χ3v) is 4.88. The van der Waals surface area contributed by atoms with Gasteiger partial charge in [-0.15, -0.1) is 10.2 Å². The van der Waals surface area contributed by atoms with Gasteiger partial charge in [-0.2, -0.15) is 0 Å². The van der Waals surface area contributed by atoms with Crippen molar-refractivity contribution in [1.29, 1.82) is 0 Å². The van der Waals surface area contributed by atoms with Crippen LogP contribution in [0.15, 0.2) is 52.2 Å². The van der Waals surface area contributed by atoms with E-state index in [4.69, 9.17) is 9.15 Å². The van der Waals surface area contributed by atoms with Gasteiger partial charge >= 0.3 is 5.97 Å². The third-order valence-electron chi connectivity index (χ3n) is 3.92. The molecular formula is C20H22N4O4S. The standard InChI is InChI=1S/C20H22N4O4S/c1-3-11-24-18(16-6-5-12-28-16)22-23-20(24)29-13-17(25)21-15-9-7-14(8-10-15)19(26)27-4-2/h5-10,12H,3-4,11,13H2,1-2H3,(H,21,25). The number of nitrogens with one attached hydrogen (secondary N) is 1. The number of esters is 1. The lowest BCUT2D eigenvalue weighted by molar-refractivity contribution is -0.113. The molecule has 1 aromatic carbocycles. The fourth-order valence-corrected chi connectivity index (χ4v) is 3.40. The van der Waals surface area contributed by atoms with Crippen LogP contribution in [0.25, 0.3) is 11.6 Å². The van der Waals surface area contributed by atoms with Gasteiger partial charge in [0.05, 0.1) is 24.2 Å². The van der Waals surface area contributed by atoms with Gasteiger partial charge in [-0.3, -0.25) is 9.36 Å². The lowest BCUT2D eigenvalue weighted by Gasteiger charge is -2.08. The topological polar surface area (TPSA) is 99.2 Å². The van der Waals surface area contributed by atoms with Crippen LogP contribution in [0.4, 0.5) is 5.69 Å². The second-order valence-electron chi connectivity index (χ2n) is 6.07. The van der Waals surface area contributed by atoms with Gasteiger partial charge in [-0.25, -0.2) is 4.79 Å². The highest BCUT2D eigenvalue weighted by molar-refractivity contribution is 7.99. The van der Waals surface area contributed by atoms with Crippen LogP contribution in [-0.4, -0.2) is 39.0 Å². The second-order valence-corrected chi connectivity index (χ2v) is 7.01. The summed E-state index contributed by atoms with van der Waals surface area (Å²) < 4.78 is 12.3. The predicted octanol–water partition coefficient (Wildman–Crippen LogP) is 3.86. The van der Waals surface area contributed by atoms with Gasteiger partial charge in [0, 0.05) is 12.2 Å². The zero-order chi connectivity index (χ0) is 20.6. The van der Waals surface area contributed by atoms with Crippen molar-refractivity contribution in [3.05, 3.63) is 48.2 Å². The summed E-state index contributed by atoms with van der Waals surface area (Å²) >= 11 is 1.31. The fraction of sp³-hybridized carbons (Fsp3) is 0.300. The number of carbonyl (C=O) groups is 2. The molecule has 0 radical (unpaired) electrons. The highest BCUT2D eigenvalue weighted by Crippen LogP contribution is 2.25. The number of anilines is 1. The van der Waals surface area contributed by atoms with Gasteiger partial charge in [0.1, 0.15) is 0 Å². The quantitative estimate of drug-likeness (QED) is 0.419. The number of rotatable bonds is 9. The summed E-state index contributed by atoms with van der Waals surface area (Å²) in [6.07, 6.45) is 2.49. The summed E-state index contributed by atoms with van der Waals surface area (Å²) in [4.78, 5) is 24.0. The lowest BCUT2D eigenvalue weighted by atomic mass is 10.2. The molecule has 2 heterocycles. The van der Waals surface area contributed by atoms with Gasteiger partial charge < -0.3 is 14.5 Å². The molecule has 0 aliphatic rings. The Labute approximate surface area is 172 Å². The van der Waals surface area contributed by atoms with Gasteiger partial charge in [-0.05, 0) is 49.7 Å². The molecule has 0 spiro atoms. The summed E-state index contributed by atoms with van der Waals surface area (Å²) in [7, 11) is 0. The molecule has 0 unspecified atom stereocenters. The van der Waals surface area contributed by atoms with E-state index in [9.17, 15) is 9.59 Å². The van der Waals surface area contributed by atoms with E-state index in [2.05, 4.69) is 22.4 Å². The molecule has 0 fully saturated rings. The Morgan fingerprint density at radius 3 is 2.62 bits per heavy atom. The predicted molar refractivity (Wildman–Crippen MR) is 110 cm³/mol. The largest absolute Gasteiger partial charge is 0.462 e. The Morgan fingerprint density at radius 2 is 1.97 bits per heavy atom. The highest BCUT2D eigenvalue weighted by atomic mass is 32.2. The third kappa shape index (κ3) is 5.26. The minimum Gasteiger partial charge on any atom is -0.462 e. The number of ether oxygens (including phenoxy) is 1. The minimum atomic E-state index is -0.386. The van der Waals surface area contributed by atoms with Crippen molar-refractivity contribution in [2.75, 3.05) is 17.7 Å². The van der Waals surface area contributed by atoms with Gasteiger partial charge in [0.15, 0.2) is 16.7 Å². The van der Waals surface area contributed by atoms with Crippen molar-refractivity contribution < 1.29 is 18.7 Å². The van der Waals surface area contributed by atoms with Crippen molar-refractivity contribution in [3.63, 3.8) is 0 Å². The number of benzene rings is 1. The Hall–Kier alpha value is -3.07. The Balaban J connectivity index is 1.60. The first-order valence-electron chi connectivity index (χ1n) is 9.29. The first kappa shape index (κ1) is 20.7. The first-order valence-corrected chi connectivity index (χ1v) is 10.3. The molecule has 0 saturated carbocycles. The zero-order valence-corrected chi connectivity index (χ0v) is 17.1. The molecule has 29 heavy (non-hydrogen) atoms. The van der Waals surface area contributed by atoms with Crippen LogP contribution in [0, 0.1) is 0 Å². The molecule has 0 bridgehead atoms. The lowest BCUT2D eigenvalue weighted by Crippen LogP contribution is -2.15. The molecule has 3 rings (SSSR count). The van der Waals surface area contributed by atoms with E-state index in [1.165, 1.54) is 11.8 Å². The van der Waals surface area contributed by atoms with Crippen molar-refractivity contribution in [2.45, 2.75) is 32.0 Å². The molecule has 0 aliphatic carbocycles. The smallest absolute Gasteiger partial charge is 0.338 e. The van der Waals surface area contributed by atoms with Crippen molar-refractivity contribution in [3.8, 4) is 11.6 Å². The number of hydrogen-bond donors (Lipinski definition) is 1. The maximum Gasteiger partial charge on any atom is 0.338 e. The molecule has 3 aromatic rings. The SMILES string of the molecule is CCCn1c(SCC(=O)Nc2ccc(C(=O)OCC)cc2)nnc1-c1ccco1. The van der Waals surface area contributed by atoms with Crippen molar-refractivity contribution in [2.24, 2.45) is 0 Å². The maximum atomic E-state index is 12.3. The molecule has 9 heteroatoms. The van der Waals surface area contributed by atoms with E-state index in [-0.39, 0.29) is 17.6 Å². The number of furan rings is 1. The highest BCUT2D eigenvalue weighted by Gasteiger charge is 2.17. The average molecular weight is 414 g/mol. The van der Waals surface area contributed by atoms with Gasteiger partial charge in [-0.1, -0.05) is 18.7 Å². The number of thioether (sulfide) groups is 1. The van der Waals surface area contributed by atoms with E-state index in [0.717, 1.165) is 13.0 Å². The maximum absolute atomic E-state index is 12.3. The van der Waals surface area contributed by atoms with Crippen LogP contribution < -0.4 is 5.32 Å². The number of aromatic nitrogens is 3. The van der Waals surface area contributed by atoms with E-state index in [1.54, 1.807) is 43.5 Å². The number of nitrogens with zero attached hydrogens (tertiary/aromatic N) is 3. The van der Waals surface area contributed by atoms with Crippen LogP contribution >= 0.6 is 11.8 Å². The molecule has 0 aliphatic heterocycles. The average Bonchev–Trinajstić information content (AvgIpc) is 3.37. The van der Waals surface area contributed by atoms with E-state index < -0.39 is 0 Å². The minimum absolute atomic E-state index is 0.176. The molecule has 0 saturated heterocycles. The molecular weight excluding hydrogens is 392 g/mol. The second kappa shape index (κ2) is 9.92. The van der Waals surface area contributed by atoms with Gasteiger partial charge in [0.2, 0.25) is 5.91 Å². The summed E-state index contributed by atoms with van der Waals surface area (Å²) in [6, 6.07) is 10.2. The summed E-state index contributed by atoms with van der Waals surface area (Å²) in [5, 5.41) is 11.9. The molecule has 8 nitrogen and oxygen atoms in total. The van der Waals surface area contributed by atoms with Crippen LogP contribution in [0.2, 0.25) is 0 Å². The Morgan fingerprint density at radius 1 is 1.17 bits per heavy atom. The Kier molecular flexibility index (Phi) is 7.07. The molecule has 0 atom stereocenters. The molecule has 1 N–H and O–H groups in total. The van der Waals surface area contributed by atoms with E-state index in [0.29, 0.717) is 34.6 Å².